The van der Waals surface area contributed by atoms with Crippen LogP contribution in [0.1, 0.15) is 30.9 Å². The van der Waals surface area contributed by atoms with E-state index < -0.39 is 6.10 Å². The number of nitrogens with two attached hydrogens (primary N) is 1. The van der Waals surface area contributed by atoms with Crippen LogP contribution in [-0.2, 0) is 13.1 Å². The van der Waals surface area contributed by atoms with Crippen molar-refractivity contribution in [3.05, 3.63) is 71.8 Å². The van der Waals surface area contributed by atoms with E-state index in [0.29, 0.717) is 6.54 Å². The normalized spacial score (nSPS) is 13.9. The molecule has 3 heteroatoms. The third-order valence-corrected chi connectivity index (χ3v) is 4.20. The molecule has 2 aromatic rings. The topological polar surface area (TPSA) is 49.5 Å². The smallest absolute Gasteiger partial charge is 0.0707 e. The molecule has 2 aromatic carbocycles. The molecule has 0 spiro atoms. The minimum atomic E-state index is -0.391. The molecule has 0 amide bonds. The Labute approximate surface area is 139 Å². The second kappa shape index (κ2) is 9.46. The molecular formula is C20H28N2O. The lowest BCUT2D eigenvalue weighted by atomic mass is 10.0. The molecule has 0 saturated carbocycles. The van der Waals surface area contributed by atoms with Gasteiger partial charge in [-0.2, -0.15) is 0 Å². The number of aliphatic hydroxyl groups excluding tert-OH is 1. The van der Waals surface area contributed by atoms with Crippen molar-refractivity contribution in [2.24, 2.45) is 5.73 Å². The summed E-state index contributed by atoms with van der Waals surface area (Å²) in [6.07, 6.45) is 1.35. The van der Waals surface area contributed by atoms with Gasteiger partial charge in [0.1, 0.15) is 0 Å². The van der Waals surface area contributed by atoms with Crippen molar-refractivity contribution in [1.29, 1.82) is 0 Å². The average molecular weight is 312 g/mol. The molecule has 0 aliphatic heterocycles. The van der Waals surface area contributed by atoms with Crippen LogP contribution >= 0.6 is 0 Å². The highest BCUT2D eigenvalue weighted by atomic mass is 16.3. The Morgan fingerprint density at radius 3 is 1.78 bits per heavy atom. The van der Waals surface area contributed by atoms with Crippen LogP contribution in [0, 0.1) is 0 Å². The Bertz CT molecular complexity index is 503. The highest BCUT2D eigenvalue weighted by molar-refractivity contribution is 5.17. The fraction of sp³-hybridized carbons (Fsp3) is 0.400. The van der Waals surface area contributed by atoms with E-state index in [4.69, 9.17) is 5.73 Å². The van der Waals surface area contributed by atoms with Gasteiger partial charge in [0.05, 0.1) is 6.10 Å². The fourth-order valence-electron chi connectivity index (χ4n) is 2.96. The fourth-order valence-corrected chi connectivity index (χ4v) is 2.96. The van der Waals surface area contributed by atoms with E-state index in [-0.39, 0.29) is 6.04 Å². The molecule has 0 unspecified atom stereocenters. The molecule has 3 N–H and O–H groups in total. The highest BCUT2D eigenvalue weighted by Crippen LogP contribution is 2.17. The third-order valence-electron chi connectivity index (χ3n) is 4.20. The first-order chi connectivity index (χ1) is 11.2. The molecule has 2 rings (SSSR count). The molecular weight excluding hydrogens is 284 g/mol. The van der Waals surface area contributed by atoms with Crippen LogP contribution in [-0.4, -0.2) is 28.7 Å². The lowest BCUT2D eigenvalue weighted by molar-refractivity contribution is 0.0382. The van der Waals surface area contributed by atoms with Crippen molar-refractivity contribution in [2.75, 3.05) is 6.54 Å². The zero-order valence-electron chi connectivity index (χ0n) is 13.9. The molecule has 124 valence electrons. The van der Waals surface area contributed by atoms with E-state index in [1.165, 1.54) is 11.1 Å². The first-order valence-corrected chi connectivity index (χ1v) is 8.44. The summed E-state index contributed by atoms with van der Waals surface area (Å²) in [7, 11) is 0. The van der Waals surface area contributed by atoms with Gasteiger partial charge in [0.15, 0.2) is 0 Å². The Balaban J connectivity index is 2.18. The van der Waals surface area contributed by atoms with Gasteiger partial charge in [-0.25, -0.2) is 0 Å². The van der Waals surface area contributed by atoms with Crippen molar-refractivity contribution in [3.8, 4) is 0 Å². The zero-order chi connectivity index (χ0) is 16.5. The lowest BCUT2D eigenvalue weighted by Gasteiger charge is -2.34. The van der Waals surface area contributed by atoms with Crippen LogP contribution < -0.4 is 5.73 Å². The Morgan fingerprint density at radius 2 is 1.39 bits per heavy atom. The van der Waals surface area contributed by atoms with Gasteiger partial charge < -0.3 is 10.8 Å². The van der Waals surface area contributed by atoms with Crippen LogP contribution in [0.5, 0.6) is 0 Å². The summed E-state index contributed by atoms with van der Waals surface area (Å²) in [5.41, 5.74) is 8.49. The van der Waals surface area contributed by atoms with E-state index in [1.807, 2.05) is 12.1 Å². The van der Waals surface area contributed by atoms with Crippen LogP contribution in [0.2, 0.25) is 0 Å². The molecule has 0 heterocycles. The maximum absolute atomic E-state index is 10.5. The molecule has 0 aliphatic rings. The second-order valence-electron chi connectivity index (χ2n) is 6.04. The molecule has 0 saturated heterocycles. The van der Waals surface area contributed by atoms with Crippen LogP contribution in [0.3, 0.4) is 0 Å². The van der Waals surface area contributed by atoms with E-state index in [1.54, 1.807) is 0 Å². The standard InChI is InChI=1S/C20H28N2O/c1-2-9-20(23)19(14-21)22(15-17-10-5-3-6-11-17)16-18-12-7-4-8-13-18/h3-8,10-13,19-20,23H,2,9,14-16,21H2,1H3/t19-,20+/m1/s1. The second-order valence-corrected chi connectivity index (χ2v) is 6.04. The van der Waals surface area contributed by atoms with Gasteiger partial charge in [-0.1, -0.05) is 74.0 Å². The van der Waals surface area contributed by atoms with Crippen molar-refractivity contribution in [3.63, 3.8) is 0 Å². The SMILES string of the molecule is CCC[C@H](O)[C@@H](CN)N(Cc1ccccc1)Cc1ccccc1. The van der Waals surface area contributed by atoms with Crippen molar-refractivity contribution in [2.45, 2.75) is 45.0 Å². The molecule has 0 bridgehead atoms. The summed E-state index contributed by atoms with van der Waals surface area (Å²) in [6.45, 7) is 4.13. The van der Waals surface area contributed by atoms with E-state index >= 15 is 0 Å². The minimum absolute atomic E-state index is 0.0321. The van der Waals surface area contributed by atoms with E-state index in [0.717, 1.165) is 25.9 Å². The molecule has 23 heavy (non-hydrogen) atoms. The zero-order valence-corrected chi connectivity index (χ0v) is 13.9. The maximum atomic E-state index is 10.5. The van der Waals surface area contributed by atoms with Gasteiger partial charge in [-0.3, -0.25) is 4.90 Å². The number of benzene rings is 2. The van der Waals surface area contributed by atoms with Crippen LogP contribution in [0.4, 0.5) is 0 Å². The van der Waals surface area contributed by atoms with Gasteiger partial charge in [0.2, 0.25) is 0 Å². The Kier molecular flexibility index (Phi) is 7.27. The van der Waals surface area contributed by atoms with E-state index in [2.05, 4.69) is 60.4 Å². The lowest BCUT2D eigenvalue weighted by Crippen LogP contribution is -2.47. The summed E-state index contributed by atoms with van der Waals surface area (Å²) in [6, 6.07) is 20.7. The van der Waals surface area contributed by atoms with Gasteiger partial charge >= 0.3 is 0 Å². The predicted molar refractivity (Wildman–Crippen MR) is 95.9 cm³/mol. The summed E-state index contributed by atoms with van der Waals surface area (Å²) < 4.78 is 0. The molecule has 0 radical (unpaired) electrons. The largest absolute Gasteiger partial charge is 0.391 e. The van der Waals surface area contributed by atoms with Crippen molar-refractivity contribution in [1.82, 2.24) is 4.90 Å². The Morgan fingerprint density at radius 1 is 0.913 bits per heavy atom. The Hall–Kier alpha value is -1.68. The molecule has 0 aromatic heterocycles. The van der Waals surface area contributed by atoms with Gasteiger partial charge in [-0.15, -0.1) is 0 Å². The monoisotopic (exact) mass is 312 g/mol. The summed E-state index contributed by atoms with van der Waals surface area (Å²) in [5.74, 6) is 0. The first-order valence-electron chi connectivity index (χ1n) is 8.44. The first kappa shape index (κ1) is 17.7. The van der Waals surface area contributed by atoms with Gasteiger partial charge in [0, 0.05) is 25.7 Å². The summed E-state index contributed by atoms with van der Waals surface area (Å²) >= 11 is 0. The van der Waals surface area contributed by atoms with Gasteiger partial charge in [-0.05, 0) is 17.5 Å². The third kappa shape index (κ3) is 5.47. The molecule has 2 atom stereocenters. The van der Waals surface area contributed by atoms with Crippen molar-refractivity contribution < 1.29 is 5.11 Å². The minimum Gasteiger partial charge on any atom is -0.391 e. The number of rotatable bonds is 9. The van der Waals surface area contributed by atoms with Crippen LogP contribution in [0.15, 0.2) is 60.7 Å². The number of aliphatic hydroxyl groups is 1. The number of nitrogens with zero attached hydrogens (tertiary/aromatic N) is 1. The van der Waals surface area contributed by atoms with E-state index in [9.17, 15) is 5.11 Å². The summed E-state index contributed by atoms with van der Waals surface area (Å²) in [4.78, 5) is 2.30. The number of hydrogen-bond donors (Lipinski definition) is 2. The molecule has 0 fully saturated rings. The average Bonchev–Trinajstić information content (AvgIpc) is 2.57. The van der Waals surface area contributed by atoms with Gasteiger partial charge in [0.25, 0.3) is 0 Å². The molecule has 0 aliphatic carbocycles. The molecule has 3 nitrogen and oxygen atoms in total. The van der Waals surface area contributed by atoms with Crippen LogP contribution in [0.25, 0.3) is 0 Å². The highest BCUT2D eigenvalue weighted by Gasteiger charge is 2.24. The van der Waals surface area contributed by atoms with Crippen molar-refractivity contribution >= 4 is 0 Å². The quantitative estimate of drug-likeness (QED) is 0.748. The number of hydrogen-bond acceptors (Lipinski definition) is 3. The predicted octanol–water partition coefficient (Wildman–Crippen LogP) is 3.18. The maximum Gasteiger partial charge on any atom is 0.0707 e. The summed E-state index contributed by atoms with van der Waals surface area (Å²) in [5, 5.41) is 10.5.